The van der Waals surface area contributed by atoms with Gasteiger partial charge in [-0.2, -0.15) is 21.4 Å². The number of rotatable bonds is 6. The maximum absolute atomic E-state index is 12.1. The Hall–Kier alpha value is -1.34. The molecule has 0 saturated carbocycles. The molecule has 0 unspecified atom stereocenters. The smallest absolute Gasteiger partial charge is 0.387 e. The van der Waals surface area contributed by atoms with Crippen LogP contribution in [0.5, 0.6) is 5.75 Å². The SMILES string of the molecule is N[C@@H](CS)C(=O)OCc1ccccc1OC(F)F. The molecule has 1 aromatic carbocycles. The highest BCUT2D eigenvalue weighted by atomic mass is 32.1. The molecule has 7 heteroatoms. The zero-order valence-corrected chi connectivity index (χ0v) is 10.3. The minimum absolute atomic E-state index is 0.0280. The Balaban J connectivity index is 2.64. The van der Waals surface area contributed by atoms with E-state index in [-0.39, 0.29) is 18.1 Å². The van der Waals surface area contributed by atoms with E-state index < -0.39 is 18.6 Å². The fourth-order valence-corrected chi connectivity index (χ4v) is 1.31. The zero-order chi connectivity index (χ0) is 13.5. The molecule has 0 bridgehead atoms. The highest BCUT2D eigenvalue weighted by Gasteiger charge is 2.15. The number of halogens is 2. The summed E-state index contributed by atoms with van der Waals surface area (Å²) in [6.45, 7) is -3.11. The monoisotopic (exact) mass is 277 g/mol. The highest BCUT2D eigenvalue weighted by molar-refractivity contribution is 7.80. The van der Waals surface area contributed by atoms with Crippen LogP contribution in [0.4, 0.5) is 8.78 Å². The van der Waals surface area contributed by atoms with Gasteiger partial charge in [0.15, 0.2) is 0 Å². The van der Waals surface area contributed by atoms with E-state index in [9.17, 15) is 13.6 Å². The zero-order valence-electron chi connectivity index (χ0n) is 9.38. The number of carbonyl (C=O) groups excluding carboxylic acids is 1. The molecule has 0 aromatic heterocycles. The van der Waals surface area contributed by atoms with Gasteiger partial charge >= 0.3 is 12.6 Å². The molecular formula is C11H13F2NO3S. The molecule has 100 valence electrons. The summed E-state index contributed by atoms with van der Waals surface area (Å²) >= 11 is 3.85. The minimum Gasteiger partial charge on any atom is -0.459 e. The molecule has 0 fully saturated rings. The lowest BCUT2D eigenvalue weighted by molar-refractivity contribution is -0.146. The van der Waals surface area contributed by atoms with Crippen LogP contribution in [0.15, 0.2) is 24.3 Å². The van der Waals surface area contributed by atoms with Crippen LogP contribution in [0.2, 0.25) is 0 Å². The predicted octanol–water partition coefficient (Wildman–Crippen LogP) is 1.59. The average Bonchev–Trinajstić information content (AvgIpc) is 2.35. The van der Waals surface area contributed by atoms with Gasteiger partial charge in [-0.05, 0) is 6.07 Å². The first-order valence-corrected chi connectivity index (χ1v) is 5.73. The molecule has 0 aliphatic rings. The van der Waals surface area contributed by atoms with Gasteiger partial charge in [0.1, 0.15) is 18.4 Å². The maximum atomic E-state index is 12.1. The lowest BCUT2D eigenvalue weighted by atomic mass is 10.2. The summed E-state index contributed by atoms with van der Waals surface area (Å²) in [7, 11) is 0. The summed E-state index contributed by atoms with van der Waals surface area (Å²) in [6.07, 6.45) is 0. The number of hydrogen-bond acceptors (Lipinski definition) is 5. The van der Waals surface area contributed by atoms with Gasteiger partial charge in [-0.1, -0.05) is 18.2 Å². The summed E-state index contributed by atoms with van der Waals surface area (Å²) in [5, 5.41) is 0. The van der Waals surface area contributed by atoms with Crippen molar-refractivity contribution < 1.29 is 23.0 Å². The normalized spacial score (nSPS) is 12.3. The second-order valence-corrected chi connectivity index (χ2v) is 3.75. The number of ether oxygens (including phenoxy) is 2. The average molecular weight is 277 g/mol. The van der Waals surface area contributed by atoms with Crippen molar-refractivity contribution in [1.82, 2.24) is 0 Å². The van der Waals surface area contributed by atoms with Crippen LogP contribution in [0, 0.1) is 0 Å². The van der Waals surface area contributed by atoms with Crippen molar-refractivity contribution in [2.45, 2.75) is 19.3 Å². The molecular weight excluding hydrogens is 264 g/mol. The maximum Gasteiger partial charge on any atom is 0.387 e. The Morgan fingerprint density at radius 1 is 1.39 bits per heavy atom. The van der Waals surface area contributed by atoms with Crippen molar-refractivity contribution >= 4 is 18.6 Å². The van der Waals surface area contributed by atoms with Crippen molar-refractivity contribution in [3.05, 3.63) is 29.8 Å². The van der Waals surface area contributed by atoms with Crippen LogP contribution < -0.4 is 10.5 Å². The molecule has 0 aliphatic carbocycles. The summed E-state index contributed by atoms with van der Waals surface area (Å²) in [6, 6.07) is 5.23. The van der Waals surface area contributed by atoms with Crippen molar-refractivity contribution in [1.29, 1.82) is 0 Å². The molecule has 1 aromatic rings. The van der Waals surface area contributed by atoms with Gasteiger partial charge in [-0.3, -0.25) is 4.79 Å². The first kappa shape index (κ1) is 14.7. The molecule has 1 atom stereocenters. The Bertz CT molecular complexity index is 404. The van der Waals surface area contributed by atoms with E-state index in [1.54, 1.807) is 12.1 Å². The number of esters is 1. The van der Waals surface area contributed by atoms with Crippen molar-refractivity contribution in [2.24, 2.45) is 5.73 Å². The number of para-hydroxylation sites is 1. The van der Waals surface area contributed by atoms with Gasteiger partial charge in [0.25, 0.3) is 0 Å². The van der Waals surface area contributed by atoms with Gasteiger partial charge in [-0.25, -0.2) is 0 Å². The first-order chi connectivity index (χ1) is 8.54. The Kier molecular flexibility index (Phi) is 5.87. The summed E-state index contributed by atoms with van der Waals surface area (Å²) in [4.78, 5) is 11.3. The van der Waals surface area contributed by atoms with Crippen molar-refractivity contribution in [3.63, 3.8) is 0 Å². The molecule has 0 spiro atoms. The van der Waals surface area contributed by atoms with Crippen LogP contribution in [0.1, 0.15) is 5.56 Å². The molecule has 0 radical (unpaired) electrons. The molecule has 2 N–H and O–H groups in total. The van der Waals surface area contributed by atoms with E-state index >= 15 is 0 Å². The Labute approximate surface area is 108 Å². The fourth-order valence-electron chi connectivity index (χ4n) is 1.16. The van der Waals surface area contributed by atoms with E-state index in [2.05, 4.69) is 17.4 Å². The van der Waals surface area contributed by atoms with Gasteiger partial charge in [0.05, 0.1) is 0 Å². The summed E-state index contributed by atoms with van der Waals surface area (Å²) in [5.41, 5.74) is 5.74. The minimum atomic E-state index is -2.93. The van der Waals surface area contributed by atoms with Crippen molar-refractivity contribution in [3.8, 4) is 5.75 Å². The molecule has 18 heavy (non-hydrogen) atoms. The first-order valence-electron chi connectivity index (χ1n) is 5.10. The third-order valence-electron chi connectivity index (χ3n) is 2.06. The van der Waals surface area contributed by atoms with E-state index in [1.165, 1.54) is 12.1 Å². The number of carbonyl (C=O) groups is 1. The van der Waals surface area contributed by atoms with E-state index in [0.29, 0.717) is 5.56 Å². The molecule has 0 amide bonds. The third-order valence-corrected chi connectivity index (χ3v) is 2.45. The molecule has 0 heterocycles. The lowest BCUT2D eigenvalue weighted by Gasteiger charge is -2.12. The number of thiol groups is 1. The largest absolute Gasteiger partial charge is 0.459 e. The van der Waals surface area contributed by atoms with Gasteiger partial charge < -0.3 is 15.2 Å². The second kappa shape index (κ2) is 7.17. The van der Waals surface area contributed by atoms with E-state index in [4.69, 9.17) is 10.5 Å². The topological polar surface area (TPSA) is 61.6 Å². The standard InChI is InChI=1S/C11H13F2NO3S/c12-11(13)17-9-4-2-1-3-7(9)5-16-10(15)8(14)6-18/h1-4,8,11,18H,5-6,14H2/t8-/m0/s1. The van der Waals surface area contributed by atoms with Crippen LogP contribution in [0.3, 0.4) is 0 Å². The van der Waals surface area contributed by atoms with Crippen LogP contribution in [-0.2, 0) is 16.1 Å². The summed E-state index contributed by atoms with van der Waals surface area (Å²) < 4.78 is 33.4. The van der Waals surface area contributed by atoms with Gasteiger partial charge in [-0.15, -0.1) is 0 Å². The third kappa shape index (κ3) is 4.50. The number of hydrogen-bond donors (Lipinski definition) is 2. The number of alkyl halides is 2. The molecule has 4 nitrogen and oxygen atoms in total. The van der Waals surface area contributed by atoms with Crippen molar-refractivity contribution in [2.75, 3.05) is 5.75 Å². The Morgan fingerprint density at radius 3 is 2.67 bits per heavy atom. The van der Waals surface area contributed by atoms with Gasteiger partial charge in [0, 0.05) is 11.3 Å². The van der Waals surface area contributed by atoms with E-state index in [0.717, 1.165) is 0 Å². The summed E-state index contributed by atoms with van der Waals surface area (Å²) in [5.74, 6) is -0.523. The van der Waals surface area contributed by atoms with Crippen LogP contribution in [0.25, 0.3) is 0 Å². The fraction of sp³-hybridized carbons (Fsp3) is 0.364. The van der Waals surface area contributed by atoms with Crippen LogP contribution >= 0.6 is 12.6 Å². The van der Waals surface area contributed by atoms with Crippen LogP contribution in [-0.4, -0.2) is 24.4 Å². The lowest BCUT2D eigenvalue weighted by Crippen LogP contribution is -2.33. The van der Waals surface area contributed by atoms with E-state index in [1.807, 2.05) is 0 Å². The highest BCUT2D eigenvalue weighted by Crippen LogP contribution is 2.21. The molecule has 1 rings (SSSR count). The van der Waals surface area contributed by atoms with Gasteiger partial charge in [0.2, 0.25) is 0 Å². The molecule has 0 aliphatic heterocycles. The quantitative estimate of drug-likeness (QED) is 0.612. The number of nitrogens with two attached hydrogens (primary N) is 1. The Morgan fingerprint density at radius 2 is 2.06 bits per heavy atom. The second-order valence-electron chi connectivity index (χ2n) is 3.38. The predicted molar refractivity (Wildman–Crippen MR) is 64.7 cm³/mol. The molecule has 0 saturated heterocycles. The number of benzene rings is 1.